The summed E-state index contributed by atoms with van der Waals surface area (Å²) in [6, 6.07) is 15.3. The second kappa shape index (κ2) is 8.62. The van der Waals surface area contributed by atoms with Gasteiger partial charge < -0.3 is 14.5 Å². The number of sulfone groups is 1. The third-order valence-electron chi connectivity index (χ3n) is 4.81. The lowest BCUT2D eigenvalue weighted by Gasteiger charge is -2.19. The molecule has 2 aromatic rings. The van der Waals surface area contributed by atoms with Gasteiger partial charge in [0.2, 0.25) is 5.78 Å². The van der Waals surface area contributed by atoms with Crippen molar-refractivity contribution in [2.75, 3.05) is 36.8 Å². The molecule has 0 aliphatic carbocycles. The topological polar surface area (TPSA) is 108 Å². The molecule has 3 rings (SSSR count). The van der Waals surface area contributed by atoms with Crippen molar-refractivity contribution in [3.8, 4) is 6.07 Å². The molecular weight excluding hydrogens is 418 g/mol. The highest BCUT2D eigenvalue weighted by molar-refractivity contribution is 7.89. The Morgan fingerprint density at radius 2 is 1.55 bits per heavy atom. The minimum atomic E-state index is -3.19. The van der Waals surface area contributed by atoms with Crippen molar-refractivity contribution in [3.63, 3.8) is 0 Å². The highest BCUT2D eigenvalue weighted by Gasteiger charge is 2.31. The van der Waals surface area contributed by atoms with E-state index in [0.29, 0.717) is 11.4 Å². The van der Waals surface area contributed by atoms with Crippen molar-refractivity contribution >= 4 is 33.0 Å². The molecule has 31 heavy (non-hydrogen) atoms. The van der Waals surface area contributed by atoms with Crippen LogP contribution < -0.4 is 9.80 Å². The maximum atomic E-state index is 12.7. The zero-order valence-corrected chi connectivity index (χ0v) is 18.1. The van der Waals surface area contributed by atoms with Crippen LogP contribution >= 0.6 is 0 Å². The van der Waals surface area contributed by atoms with E-state index in [4.69, 9.17) is 4.74 Å². The van der Waals surface area contributed by atoms with E-state index in [0.717, 1.165) is 17.6 Å². The summed E-state index contributed by atoms with van der Waals surface area (Å²) >= 11 is 0. The molecule has 0 atom stereocenters. The van der Waals surface area contributed by atoms with Crippen LogP contribution in [0.15, 0.2) is 59.9 Å². The molecule has 0 bridgehead atoms. The minimum absolute atomic E-state index is 0.113. The fourth-order valence-electron chi connectivity index (χ4n) is 3.38. The summed E-state index contributed by atoms with van der Waals surface area (Å²) in [6.45, 7) is -0.589. The summed E-state index contributed by atoms with van der Waals surface area (Å²) in [5.74, 6) is -1.08. The lowest BCUT2D eigenvalue weighted by molar-refractivity contribution is -0.118. The Balaban J connectivity index is 1.72. The first kappa shape index (κ1) is 22.1. The number of Topliss-reactive ketones (excluding diaryl/α,β-unsaturated/α-hetero) is 1. The van der Waals surface area contributed by atoms with Gasteiger partial charge in [0.25, 0.3) is 0 Å². The van der Waals surface area contributed by atoms with Crippen molar-refractivity contribution < 1.29 is 22.7 Å². The minimum Gasteiger partial charge on any atom is -0.454 e. The highest BCUT2D eigenvalue weighted by atomic mass is 32.2. The fourth-order valence-corrected chi connectivity index (χ4v) is 4.18. The molecule has 0 N–H and O–H groups in total. The van der Waals surface area contributed by atoms with E-state index >= 15 is 0 Å². The van der Waals surface area contributed by atoms with Crippen LogP contribution in [0.2, 0.25) is 0 Å². The summed E-state index contributed by atoms with van der Waals surface area (Å²) in [5.41, 5.74) is 2.31. The number of rotatable bonds is 6. The maximum absolute atomic E-state index is 12.7. The van der Waals surface area contributed by atoms with Crippen LogP contribution in [0.4, 0.5) is 11.4 Å². The van der Waals surface area contributed by atoms with Gasteiger partial charge in [0.05, 0.1) is 22.7 Å². The molecule has 0 fully saturated rings. The summed E-state index contributed by atoms with van der Waals surface area (Å²) in [6.07, 6.45) is 1.12. The number of carbonyl (C=O) groups excluding carboxylic acids is 2. The van der Waals surface area contributed by atoms with Crippen LogP contribution in [0.25, 0.3) is 0 Å². The van der Waals surface area contributed by atoms with E-state index in [1.807, 2.05) is 30.3 Å². The molecule has 0 aromatic heterocycles. The van der Waals surface area contributed by atoms with E-state index in [1.165, 1.54) is 24.3 Å². The normalized spacial score (nSPS) is 12.9. The number of ether oxygens (including phenoxy) is 1. The smallest absolute Gasteiger partial charge is 0.338 e. The lowest BCUT2D eigenvalue weighted by Crippen LogP contribution is -2.27. The van der Waals surface area contributed by atoms with Gasteiger partial charge in [-0.15, -0.1) is 0 Å². The first-order valence-corrected chi connectivity index (χ1v) is 11.4. The molecule has 8 nitrogen and oxygen atoms in total. The molecule has 0 saturated heterocycles. The Hall–Kier alpha value is -3.64. The second-order valence-electron chi connectivity index (χ2n) is 7.18. The number of fused-ring (bicyclic) bond motifs is 1. The van der Waals surface area contributed by atoms with Gasteiger partial charge in [-0.1, -0.05) is 24.3 Å². The predicted octanol–water partition coefficient (Wildman–Crippen LogP) is 2.28. The monoisotopic (exact) mass is 439 g/mol. The summed E-state index contributed by atoms with van der Waals surface area (Å²) in [4.78, 5) is 28.4. The summed E-state index contributed by atoms with van der Waals surface area (Å²) in [7, 11) is 0.327. The molecule has 0 unspecified atom stereocenters. The Bertz CT molecular complexity index is 1180. The molecule has 0 radical (unpaired) electrons. The first-order valence-electron chi connectivity index (χ1n) is 9.30. The van der Waals surface area contributed by atoms with Crippen molar-refractivity contribution in [1.29, 1.82) is 5.26 Å². The number of anilines is 2. The summed E-state index contributed by atoms with van der Waals surface area (Å²) < 4.78 is 27.8. The number of nitrogens with zero attached hydrogens (tertiary/aromatic N) is 3. The van der Waals surface area contributed by atoms with Crippen molar-refractivity contribution in [2.24, 2.45) is 0 Å². The predicted molar refractivity (Wildman–Crippen MR) is 116 cm³/mol. The number of ketones is 1. The van der Waals surface area contributed by atoms with Crippen LogP contribution in [0.5, 0.6) is 0 Å². The molecule has 0 saturated carbocycles. The van der Waals surface area contributed by atoms with Crippen LogP contribution in [-0.2, 0) is 25.1 Å². The second-order valence-corrected chi connectivity index (χ2v) is 9.32. The zero-order chi connectivity index (χ0) is 22.8. The number of para-hydroxylation sites is 2. The number of hydrogen-bond donors (Lipinski definition) is 0. The van der Waals surface area contributed by atoms with Crippen LogP contribution in [0.3, 0.4) is 0 Å². The van der Waals surface area contributed by atoms with E-state index in [9.17, 15) is 23.3 Å². The largest absolute Gasteiger partial charge is 0.454 e. The van der Waals surface area contributed by atoms with E-state index in [-0.39, 0.29) is 16.9 Å². The summed E-state index contributed by atoms with van der Waals surface area (Å²) in [5, 5.41) is 9.61. The Labute approximate surface area is 180 Å². The number of esters is 1. The lowest BCUT2D eigenvalue weighted by atomic mass is 10.1. The third kappa shape index (κ3) is 4.75. The van der Waals surface area contributed by atoms with E-state index in [1.54, 1.807) is 23.9 Å². The van der Waals surface area contributed by atoms with Gasteiger partial charge >= 0.3 is 5.97 Å². The molecule has 1 heterocycles. The number of hydrogen-bond acceptors (Lipinski definition) is 8. The van der Waals surface area contributed by atoms with Gasteiger partial charge in [0.15, 0.2) is 16.4 Å². The van der Waals surface area contributed by atoms with Crippen molar-refractivity contribution in [1.82, 2.24) is 0 Å². The zero-order valence-electron chi connectivity index (χ0n) is 17.3. The van der Waals surface area contributed by atoms with Gasteiger partial charge in [-0.3, -0.25) is 4.79 Å². The Morgan fingerprint density at radius 3 is 2.03 bits per heavy atom. The van der Waals surface area contributed by atoms with Crippen molar-refractivity contribution in [2.45, 2.75) is 5.75 Å². The average molecular weight is 439 g/mol. The molecule has 1 aliphatic rings. The Kier molecular flexibility index (Phi) is 6.13. The maximum Gasteiger partial charge on any atom is 0.338 e. The van der Waals surface area contributed by atoms with Crippen LogP contribution in [0, 0.1) is 11.3 Å². The third-order valence-corrected chi connectivity index (χ3v) is 5.66. The van der Waals surface area contributed by atoms with Gasteiger partial charge in [-0.25, -0.2) is 13.2 Å². The molecule has 0 amide bonds. The quantitative estimate of drug-likeness (QED) is 0.383. The molecule has 160 valence electrons. The van der Waals surface area contributed by atoms with Crippen LogP contribution in [-0.4, -0.2) is 47.1 Å². The van der Waals surface area contributed by atoms with Gasteiger partial charge in [-0.05, 0) is 29.8 Å². The van der Waals surface area contributed by atoms with Crippen LogP contribution in [0.1, 0.15) is 15.9 Å². The van der Waals surface area contributed by atoms with Crippen molar-refractivity contribution in [3.05, 3.63) is 71.1 Å². The standard InChI is InChI=1S/C22H21N3O5S/c1-24-18-6-4-5-7-19(18)25(2)21(24)17(12-23)20(26)13-30-22(27)16-10-8-15(9-11-16)14-31(3,28)29/h4-11H,13-14H2,1-3H3. The first-order chi connectivity index (χ1) is 14.6. The highest BCUT2D eigenvalue weighted by Crippen LogP contribution is 2.40. The number of carbonyl (C=O) groups is 2. The SMILES string of the molecule is CN1C(=C(C#N)C(=O)COC(=O)c2ccc(CS(C)(=O)=O)cc2)N(C)c2ccccc21. The van der Waals surface area contributed by atoms with E-state index in [2.05, 4.69) is 0 Å². The molecule has 1 aliphatic heterocycles. The molecular formula is C22H21N3O5S. The molecule has 0 spiro atoms. The Morgan fingerprint density at radius 1 is 1.00 bits per heavy atom. The molecule has 9 heteroatoms. The number of nitriles is 1. The number of benzene rings is 2. The average Bonchev–Trinajstić information content (AvgIpc) is 2.97. The van der Waals surface area contributed by atoms with Gasteiger partial charge in [-0.2, -0.15) is 5.26 Å². The van der Waals surface area contributed by atoms with Gasteiger partial charge in [0.1, 0.15) is 17.5 Å². The molecule has 2 aromatic carbocycles. The van der Waals surface area contributed by atoms with E-state index < -0.39 is 28.2 Å². The van der Waals surface area contributed by atoms with Gasteiger partial charge in [0, 0.05) is 20.4 Å². The fraction of sp³-hybridized carbons (Fsp3) is 0.227.